The molecule has 2 unspecified atom stereocenters. The van der Waals surface area contributed by atoms with Gasteiger partial charge in [0.25, 0.3) is 0 Å². The zero-order valence-electron chi connectivity index (χ0n) is 9.43. The predicted octanol–water partition coefficient (Wildman–Crippen LogP) is 2.26. The number of nitriles is 1. The summed E-state index contributed by atoms with van der Waals surface area (Å²) in [7, 11) is 0. The quantitative estimate of drug-likeness (QED) is 0.854. The molecule has 1 rings (SSSR count). The van der Waals surface area contributed by atoms with E-state index in [1.54, 1.807) is 6.20 Å². The minimum atomic E-state index is -0.549. The monoisotopic (exact) mass is 237 g/mol. The van der Waals surface area contributed by atoms with E-state index in [1.807, 2.05) is 25.3 Å². The molecule has 2 atom stereocenters. The summed E-state index contributed by atoms with van der Waals surface area (Å²) in [5.41, 5.74) is 0. The van der Waals surface area contributed by atoms with Crippen molar-refractivity contribution < 1.29 is 4.79 Å². The maximum Gasteiger partial charge on any atom is 0.237 e. The van der Waals surface area contributed by atoms with Gasteiger partial charge in [-0.2, -0.15) is 5.26 Å². The molecule has 0 radical (unpaired) electrons. The number of aromatic nitrogens is 1. The first-order valence-electron chi connectivity index (χ1n) is 5.28. The lowest BCUT2D eigenvalue weighted by Crippen LogP contribution is -2.32. The molecule has 5 heteroatoms. The number of amides is 1. The second kappa shape index (κ2) is 6.23. The van der Waals surface area contributed by atoms with Gasteiger partial charge in [-0.1, -0.05) is 13.3 Å². The van der Waals surface area contributed by atoms with Gasteiger partial charge in [0.1, 0.15) is 10.9 Å². The Morgan fingerprint density at radius 1 is 1.75 bits per heavy atom. The van der Waals surface area contributed by atoms with Crippen LogP contribution in [0.25, 0.3) is 0 Å². The number of hydrogen-bond donors (Lipinski definition) is 1. The molecule has 1 aromatic rings. The SMILES string of the molecule is CCCC(C#N)C(=O)NC(C)c1nccs1. The van der Waals surface area contributed by atoms with Crippen LogP contribution >= 0.6 is 11.3 Å². The van der Waals surface area contributed by atoms with Crippen LogP contribution in [-0.4, -0.2) is 10.9 Å². The number of nitrogens with zero attached hydrogens (tertiary/aromatic N) is 2. The van der Waals surface area contributed by atoms with Crippen molar-refractivity contribution in [2.24, 2.45) is 5.92 Å². The zero-order chi connectivity index (χ0) is 12.0. The first kappa shape index (κ1) is 12.7. The van der Waals surface area contributed by atoms with E-state index in [4.69, 9.17) is 5.26 Å². The highest BCUT2D eigenvalue weighted by Gasteiger charge is 2.19. The topological polar surface area (TPSA) is 65.8 Å². The van der Waals surface area contributed by atoms with Gasteiger partial charge in [-0.15, -0.1) is 11.3 Å². The maximum atomic E-state index is 11.7. The van der Waals surface area contributed by atoms with Crippen molar-refractivity contribution in [3.63, 3.8) is 0 Å². The van der Waals surface area contributed by atoms with Crippen LogP contribution in [0.3, 0.4) is 0 Å². The largest absolute Gasteiger partial charge is 0.346 e. The third kappa shape index (κ3) is 3.31. The van der Waals surface area contributed by atoms with Crippen LogP contribution in [0.4, 0.5) is 0 Å². The fourth-order valence-electron chi connectivity index (χ4n) is 1.37. The van der Waals surface area contributed by atoms with Crippen LogP contribution in [-0.2, 0) is 4.79 Å². The van der Waals surface area contributed by atoms with E-state index in [0.717, 1.165) is 11.4 Å². The fraction of sp³-hybridized carbons (Fsp3) is 0.545. The average Bonchev–Trinajstić information content (AvgIpc) is 2.78. The highest BCUT2D eigenvalue weighted by atomic mass is 32.1. The lowest BCUT2D eigenvalue weighted by Gasteiger charge is -2.13. The zero-order valence-corrected chi connectivity index (χ0v) is 10.3. The molecule has 1 amide bonds. The van der Waals surface area contributed by atoms with Gasteiger partial charge in [-0.05, 0) is 13.3 Å². The van der Waals surface area contributed by atoms with Crippen LogP contribution in [0.2, 0.25) is 0 Å². The van der Waals surface area contributed by atoms with E-state index in [2.05, 4.69) is 10.3 Å². The Bertz CT molecular complexity index is 369. The van der Waals surface area contributed by atoms with Crippen LogP contribution in [0, 0.1) is 17.2 Å². The normalized spacial score (nSPS) is 13.8. The molecular formula is C11H15N3OS. The second-order valence-corrected chi connectivity index (χ2v) is 4.50. The Balaban J connectivity index is 2.54. The van der Waals surface area contributed by atoms with E-state index < -0.39 is 5.92 Å². The molecule has 0 bridgehead atoms. The Hall–Kier alpha value is -1.41. The smallest absolute Gasteiger partial charge is 0.237 e. The van der Waals surface area contributed by atoms with Gasteiger partial charge in [0, 0.05) is 11.6 Å². The molecule has 0 spiro atoms. The fourth-order valence-corrected chi connectivity index (χ4v) is 2.01. The minimum absolute atomic E-state index is 0.125. The van der Waals surface area contributed by atoms with E-state index in [1.165, 1.54) is 11.3 Å². The minimum Gasteiger partial charge on any atom is -0.346 e. The lowest BCUT2D eigenvalue weighted by atomic mass is 10.0. The van der Waals surface area contributed by atoms with Crippen molar-refractivity contribution in [1.29, 1.82) is 5.26 Å². The molecule has 4 nitrogen and oxygen atoms in total. The molecule has 86 valence electrons. The Labute approximate surface area is 99.3 Å². The third-order valence-corrected chi connectivity index (χ3v) is 3.19. The summed E-state index contributed by atoms with van der Waals surface area (Å²) in [5, 5.41) is 14.4. The van der Waals surface area contributed by atoms with Crippen LogP contribution in [0.5, 0.6) is 0 Å². The molecule has 0 fully saturated rings. The van der Waals surface area contributed by atoms with Gasteiger partial charge in [0.2, 0.25) is 5.91 Å². The number of thiazole rings is 1. The molecule has 1 heterocycles. The van der Waals surface area contributed by atoms with Gasteiger partial charge >= 0.3 is 0 Å². The summed E-state index contributed by atoms with van der Waals surface area (Å²) in [4.78, 5) is 15.8. The number of carbonyl (C=O) groups is 1. The number of nitrogens with one attached hydrogen (secondary N) is 1. The van der Waals surface area contributed by atoms with Crippen molar-refractivity contribution in [2.45, 2.75) is 32.7 Å². The van der Waals surface area contributed by atoms with E-state index in [9.17, 15) is 4.79 Å². The van der Waals surface area contributed by atoms with Crippen molar-refractivity contribution in [3.05, 3.63) is 16.6 Å². The summed E-state index contributed by atoms with van der Waals surface area (Å²) in [6.45, 7) is 3.83. The van der Waals surface area contributed by atoms with Gasteiger partial charge in [-0.25, -0.2) is 4.98 Å². The number of carbonyl (C=O) groups excluding carboxylic acids is 1. The van der Waals surface area contributed by atoms with Gasteiger partial charge in [0.05, 0.1) is 12.1 Å². The molecule has 0 aliphatic rings. The first-order chi connectivity index (χ1) is 7.69. The summed E-state index contributed by atoms with van der Waals surface area (Å²) < 4.78 is 0. The van der Waals surface area contributed by atoms with Crippen LogP contribution < -0.4 is 5.32 Å². The van der Waals surface area contributed by atoms with Crippen LogP contribution in [0.1, 0.15) is 37.7 Å². The van der Waals surface area contributed by atoms with E-state index in [0.29, 0.717) is 6.42 Å². The first-order valence-corrected chi connectivity index (χ1v) is 6.16. The van der Waals surface area contributed by atoms with Gasteiger partial charge in [-0.3, -0.25) is 4.79 Å². The average molecular weight is 237 g/mol. The number of hydrogen-bond acceptors (Lipinski definition) is 4. The molecule has 0 saturated heterocycles. The molecule has 0 aliphatic heterocycles. The standard InChI is InChI=1S/C11H15N3OS/c1-3-4-9(7-12)10(15)14-8(2)11-13-5-6-16-11/h5-6,8-9H,3-4H2,1-2H3,(H,14,15). The Kier molecular flexibility index (Phi) is 4.93. The van der Waals surface area contributed by atoms with Crippen molar-refractivity contribution >= 4 is 17.2 Å². The summed E-state index contributed by atoms with van der Waals surface area (Å²) in [6, 6.07) is 1.90. The van der Waals surface area contributed by atoms with Crippen molar-refractivity contribution in [3.8, 4) is 6.07 Å². The Morgan fingerprint density at radius 3 is 3.00 bits per heavy atom. The second-order valence-electron chi connectivity index (χ2n) is 3.57. The molecule has 0 saturated carbocycles. The summed E-state index contributed by atoms with van der Waals surface area (Å²) in [6.07, 6.45) is 3.14. The van der Waals surface area contributed by atoms with Crippen molar-refractivity contribution in [1.82, 2.24) is 10.3 Å². The van der Waals surface area contributed by atoms with Crippen LogP contribution in [0.15, 0.2) is 11.6 Å². The molecule has 1 aromatic heterocycles. The van der Waals surface area contributed by atoms with Gasteiger partial charge in [0.15, 0.2) is 0 Å². The molecule has 1 N–H and O–H groups in total. The summed E-state index contributed by atoms with van der Waals surface area (Å²) >= 11 is 1.50. The van der Waals surface area contributed by atoms with E-state index >= 15 is 0 Å². The maximum absolute atomic E-state index is 11.7. The molecule has 0 aliphatic carbocycles. The molecular weight excluding hydrogens is 222 g/mol. The highest BCUT2D eigenvalue weighted by Crippen LogP contribution is 2.16. The third-order valence-electron chi connectivity index (χ3n) is 2.23. The van der Waals surface area contributed by atoms with E-state index in [-0.39, 0.29) is 11.9 Å². The van der Waals surface area contributed by atoms with Gasteiger partial charge < -0.3 is 5.32 Å². The Morgan fingerprint density at radius 2 is 2.50 bits per heavy atom. The molecule has 16 heavy (non-hydrogen) atoms. The predicted molar refractivity (Wildman–Crippen MR) is 62.7 cm³/mol. The van der Waals surface area contributed by atoms with Crippen molar-refractivity contribution in [2.75, 3.05) is 0 Å². The summed E-state index contributed by atoms with van der Waals surface area (Å²) in [5.74, 6) is -0.750. The number of rotatable bonds is 5. The molecule has 0 aromatic carbocycles. The lowest BCUT2D eigenvalue weighted by molar-refractivity contribution is -0.124. The highest BCUT2D eigenvalue weighted by molar-refractivity contribution is 7.09.